The van der Waals surface area contributed by atoms with Crippen molar-refractivity contribution in [1.29, 1.82) is 0 Å². The molecule has 1 fully saturated rings. The van der Waals surface area contributed by atoms with Crippen LogP contribution < -0.4 is 10.1 Å². The van der Waals surface area contributed by atoms with Gasteiger partial charge in [-0.1, -0.05) is 36.4 Å². The molecule has 178 valence electrons. The van der Waals surface area contributed by atoms with Crippen LogP contribution in [-0.4, -0.2) is 39.7 Å². The highest BCUT2D eigenvalue weighted by molar-refractivity contribution is 5.97. The zero-order chi connectivity index (χ0) is 24.1. The number of methoxy groups -OCH3 is 1. The largest absolute Gasteiger partial charge is 0.497 e. The summed E-state index contributed by atoms with van der Waals surface area (Å²) in [4.78, 5) is 13.6. The van der Waals surface area contributed by atoms with Crippen LogP contribution >= 0.6 is 0 Å². The van der Waals surface area contributed by atoms with Gasteiger partial charge in [0.25, 0.3) is 0 Å². The molecule has 3 aromatic heterocycles. The van der Waals surface area contributed by atoms with E-state index >= 15 is 0 Å². The second-order valence-corrected chi connectivity index (χ2v) is 9.53. The van der Waals surface area contributed by atoms with E-state index in [1.54, 1.807) is 7.11 Å². The minimum Gasteiger partial charge on any atom is -0.497 e. The van der Waals surface area contributed by atoms with Crippen molar-refractivity contribution in [1.82, 2.24) is 24.8 Å². The highest BCUT2D eigenvalue weighted by Crippen LogP contribution is 2.37. The molecule has 0 unspecified atom stereocenters. The van der Waals surface area contributed by atoms with E-state index in [0.29, 0.717) is 6.04 Å². The van der Waals surface area contributed by atoms with Gasteiger partial charge in [-0.05, 0) is 72.6 Å². The molecule has 0 atom stereocenters. The van der Waals surface area contributed by atoms with Gasteiger partial charge in [0.05, 0.1) is 7.11 Å². The Morgan fingerprint density at radius 1 is 0.917 bits per heavy atom. The Labute approximate surface area is 209 Å². The van der Waals surface area contributed by atoms with Gasteiger partial charge in [0, 0.05) is 40.5 Å². The smallest absolute Gasteiger partial charge is 0.160 e. The number of rotatable bonds is 4. The number of piperidine rings is 1. The molecule has 0 radical (unpaired) electrons. The zero-order valence-electron chi connectivity index (χ0n) is 20.2. The van der Waals surface area contributed by atoms with E-state index in [1.807, 2.05) is 12.3 Å². The van der Waals surface area contributed by atoms with Gasteiger partial charge in [0.1, 0.15) is 17.1 Å². The van der Waals surface area contributed by atoms with Crippen LogP contribution in [0.4, 0.5) is 0 Å². The molecule has 6 nitrogen and oxygen atoms in total. The lowest BCUT2D eigenvalue weighted by Crippen LogP contribution is -2.29. The Morgan fingerprint density at radius 2 is 1.78 bits per heavy atom. The highest BCUT2D eigenvalue weighted by atomic mass is 16.5. The minimum absolute atomic E-state index is 0.348. The SMILES string of the molecule is COc1ccc2[nH]cc(-c3nc4cc(-c5ccc6ccccc6c5)cnc4n3C3CCNCC3)c2c1. The number of nitrogens with zero attached hydrogens (tertiary/aromatic N) is 3. The molecule has 0 bridgehead atoms. The monoisotopic (exact) mass is 473 g/mol. The van der Waals surface area contributed by atoms with Gasteiger partial charge in [0.2, 0.25) is 0 Å². The Hall–Kier alpha value is -4.16. The van der Waals surface area contributed by atoms with Gasteiger partial charge in [0.15, 0.2) is 5.65 Å². The molecule has 4 heterocycles. The summed E-state index contributed by atoms with van der Waals surface area (Å²) in [5.41, 5.74) is 6.24. The molecule has 0 saturated carbocycles. The average molecular weight is 474 g/mol. The highest BCUT2D eigenvalue weighted by Gasteiger charge is 2.25. The molecule has 6 heteroatoms. The molecule has 0 aliphatic carbocycles. The Bertz CT molecular complexity index is 1720. The fourth-order valence-corrected chi connectivity index (χ4v) is 5.52. The van der Waals surface area contributed by atoms with Crippen molar-refractivity contribution in [2.75, 3.05) is 20.2 Å². The standard InChI is InChI=1S/C30H27N5O/c1-36-24-8-9-27-25(16-24)26(18-32-27)29-34-28-15-22(21-7-6-19-4-2-3-5-20(19)14-21)17-33-30(28)35(29)23-10-12-31-13-11-23/h2-9,14-18,23,31-32H,10-13H2,1H3. The lowest BCUT2D eigenvalue weighted by atomic mass is 10.0. The molecule has 7 rings (SSSR count). The molecule has 1 aliphatic rings. The van der Waals surface area contributed by atoms with Gasteiger partial charge in [-0.15, -0.1) is 0 Å². The number of benzene rings is 3. The first kappa shape index (κ1) is 21.1. The van der Waals surface area contributed by atoms with Crippen molar-refractivity contribution in [3.05, 3.63) is 79.1 Å². The van der Waals surface area contributed by atoms with Crippen LogP contribution in [0.2, 0.25) is 0 Å². The first-order valence-electron chi connectivity index (χ1n) is 12.5. The van der Waals surface area contributed by atoms with Gasteiger partial charge >= 0.3 is 0 Å². The Morgan fingerprint density at radius 3 is 2.64 bits per heavy atom. The van der Waals surface area contributed by atoms with Crippen molar-refractivity contribution in [2.24, 2.45) is 0 Å². The van der Waals surface area contributed by atoms with Gasteiger partial charge in [-0.3, -0.25) is 0 Å². The summed E-state index contributed by atoms with van der Waals surface area (Å²) in [5, 5.41) is 7.06. The van der Waals surface area contributed by atoms with E-state index in [1.165, 1.54) is 10.8 Å². The number of H-pyrrole nitrogens is 1. The van der Waals surface area contributed by atoms with Crippen LogP contribution in [0.15, 0.2) is 79.1 Å². The van der Waals surface area contributed by atoms with Crippen molar-refractivity contribution in [3.8, 4) is 28.3 Å². The number of hydrogen-bond acceptors (Lipinski definition) is 4. The third-order valence-corrected chi connectivity index (χ3v) is 7.42. The van der Waals surface area contributed by atoms with Crippen LogP contribution in [0.1, 0.15) is 18.9 Å². The third-order valence-electron chi connectivity index (χ3n) is 7.42. The molecule has 0 amide bonds. The second-order valence-electron chi connectivity index (χ2n) is 9.53. The summed E-state index contributed by atoms with van der Waals surface area (Å²) < 4.78 is 7.89. The number of aromatic nitrogens is 4. The summed E-state index contributed by atoms with van der Waals surface area (Å²) in [6, 6.07) is 23.7. The van der Waals surface area contributed by atoms with Crippen LogP contribution in [0, 0.1) is 0 Å². The zero-order valence-corrected chi connectivity index (χ0v) is 20.2. The first-order valence-corrected chi connectivity index (χ1v) is 12.5. The van der Waals surface area contributed by atoms with Crippen molar-refractivity contribution in [3.63, 3.8) is 0 Å². The quantitative estimate of drug-likeness (QED) is 0.314. The van der Waals surface area contributed by atoms with Gasteiger partial charge < -0.3 is 19.6 Å². The Kier molecular flexibility index (Phi) is 4.99. The molecule has 2 N–H and O–H groups in total. The Balaban J connectivity index is 1.42. The maximum absolute atomic E-state index is 5.52. The minimum atomic E-state index is 0.348. The number of fused-ring (bicyclic) bond motifs is 3. The first-order chi connectivity index (χ1) is 17.8. The summed E-state index contributed by atoms with van der Waals surface area (Å²) in [5.74, 6) is 1.80. The number of pyridine rings is 1. The van der Waals surface area contributed by atoms with Crippen molar-refractivity contribution < 1.29 is 4.74 Å². The third kappa shape index (κ3) is 3.45. The van der Waals surface area contributed by atoms with Crippen molar-refractivity contribution >= 4 is 32.8 Å². The molecule has 1 aliphatic heterocycles. The van der Waals surface area contributed by atoms with E-state index in [-0.39, 0.29) is 0 Å². The van der Waals surface area contributed by atoms with E-state index in [0.717, 1.165) is 76.3 Å². The lowest BCUT2D eigenvalue weighted by molar-refractivity contribution is 0.376. The number of nitrogens with one attached hydrogen (secondary N) is 2. The number of aromatic amines is 1. The fraction of sp³-hybridized carbons (Fsp3) is 0.200. The number of imidazole rings is 1. The van der Waals surface area contributed by atoms with Gasteiger partial charge in [-0.25, -0.2) is 9.97 Å². The maximum atomic E-state index is 5.52. The normalized spacial score (nSPS) is 14.7. The molecule has 6 aromatic rings. The molecule has 36 heavy (non-hydrogen) atoms. The summed E-state index contributed by atoms with van der Waals surface area (Å²) in [6.07, 6.45) is 6.16. The second kappa shape index (κ2) is 8.50. The van der Waals surface area contributed by atoms with E-state index in [9.17, 15) is 0 Å². The maximum Gasteiger partial charge on any atom is 0.160 e. The average Bonchev–Trinajstić information content (AvgIpc) is 3.53. The van der Waals surface area contributed by atoms with Gasteiger partial charge in [-0.2, -0.15) is 0 Å². The van der Waals surface area contributed by atoms with Crippen LogP contribution in [-0.2, 0) is 0 Å². The molecule has 0 spiro atoms. The van der Waals surface area contributed by atoms with Crippen LogP contribution in [0.25, 0.3) is 55.4 Å². The summed E-state index contributed by atoms with van der Waals surface area (Å²) in [7, 11) is 1.70. The molecule has 1 saturated heterocycles. The van der Waals surface area contributed by atoms with E-state index in [4.69, 9.17) is 14.7 Å². The fourth-order valence-electron chi connectivity index (χ4n) is 5.52. The predicted molar refractivity (Wildman–Crippen MR) is 145 cm³/mol. The predicted octanol–water partition coefficient (Wildman–Crippen LogP) is 6.33. The summed E-state index contributed by atoms with van der Waals surface area (Å²) in [6.45, 7) is 2.00. The van der Waals surface area contributed by atoms with Crippen LogP contribution in [0.5, 0.6) is 5.75 Å². The molecular formula is C30H27N5O. The number of hydrogen-bond donors (Lipinski definition) is 2. The number of ether oxygens (including phenoxy) is 1. The lowest BCUT2D eigenvalue weighted by Gasteiger charge is -2.25. The van der Waals surface area contributed by atoms with E-state index < -0.39 is 0 Å². The van der Waals surface area contributed by atoms with E-state index in [2.05, 4.69) is 81.7 Å². The van der Waals surface area contributed by atoms with Crippen molar-refractivity contribution in [2.45, 2.75) is 18.9 Å². The topological polar surface area (TPSA) is 67.8 Å². The van der Waals surface area contributed by atoms with Crippen LogP contribution in [0.3, 0.4) is 0 Å². The summed E-state index contributed by atoms with van der Waals surface area (Å²) >= 11 is 0. The molecular weight excluding hydrogens is 446 g/mol. The molecule has 3 aromatic carbocycles.